The number of urea groups is 1. The molecule has 0 aliphatic carbocycles. The number of hydrogen-bond donors (Lipinski definition) is 3. The SMILES string of the molecule is CC(C)C(CC(=O)O)NC(=O)Nc1ccc(F)c(F)c1. The third-order valence-corrected chi connectivity index (χ3v) is 2.69. The number of aliphatic carboxylic acids is 1. The Balaban J connectivity index is 2.65. The van der Waals surface area contributed by atoms with E-state index in [2.05, 4.69) is 10.6 Å². The minimum absolute atomic E-state index is 0.0817. The maximum atomic E-state index is 13.0. The lowest BCUT2D eigenvalue weighted by Gasteiger charge is -2.20. The van der Waals surface area contributed by atoms with E-state index in [1.165, 1.54) is 6.07 Å². The highest BCUT2D eigenvalue weighted by Crippen LogP contribution is 2.13. The number of nitrogens with one attached hydrogen (secondary N) is 2. The molecule has 1 aromatic rings. The first-order valence-electron chi connectivity index (χ1n) is 6.04. The zero-order chi connectivity index (χ0) is 15.3. The van der Waals surface area contributed by atoms with E-state index in [1.54, 1.807) is 13.8 Å². The maximum absolute atomic E-state index is 13.0. The van der Waals surface area contributed by atoms with Crippen LogP contribution in [-0.4, -0.2) is 23.1 Å². The van der Waals surface area contributed by atoms with Gasteiger partial charge >= 0.3 is 12.0 Å². The van der Waals surface area contributed by atoms with Gasteiger partial charge in [-0.1, -0.05) is 13.8 Å². The summed E-state index contributed by atoms with van der Waals surface area (Å²) in [6.45, 7) is 3.54. The Kier molecular flexibility index (Phi) is 5.42. The zero-order valence-corrected chi connectivity index (χ0v) is 11.1. The first-order chi connectivity index (χ1) is 9.29. The van der Waals surface area contributed by atoms with Gasteiger partial charge in [0.25, 0.3) is 0 Å². The fourth-order valence-electron chi connectivity index (χ4n) is 1.55. The Morgan fingerprint density at radius 1 is 1.25 bits per heavy atom. The molecule has 0 spiro atoms. The molecule has 0 radical (unpaired) electrons. The van der Waals surface area contributed by atoms with E-state index in [1.807, 2.05) is 0 Å². The van der Waals surface area contributed by atoms with Crippen molar-refractivity contribution in [2.75, 3.05) is 5.32 Å². The van der Waals surface area contributed by atoms with Crippen LogP contribution in [0.15, 0.2) is 18.2 Å². The van der Waals surface area contributed by atoms with Crippen LogP contribution in [0.4, 0.5) is 19.3 Å². The number of amides is 2. The monoisotopic (exact) mass is 286 g/mol. The highest BCUT2D eigenvalue weighted by atomic mass is 19.2. The average molecular weight is 286 g/mol. The van der Waals surface area contributed by atoms with Gasteiger partial charge in [0.05, 0.1) is 6.42 Å². The largest absolute Gasteiger partial charge is 0.481 e. The second-order valence-corrected chi connectivity index (χ2v) is 4.68. The predicted octanol–water partition coefficient (Wildman–Crippen LogP) is 2.59. The lowest BCUT2D eigenvalue weighted by Crippen LogP contribution is -2.42. The lowest BCUT2D eigenvalue weighted by atomic mass is 10.0. The highest BCUT2D eigenvalue weighted by molar-refractivity contribution is 5.89. The van der Waals surface area contributed by atoms with Gasteiger partial charge < -0.3 is 15.7 Å². The molecule has 0 bridgehead atoms. The Morgan fingerprint density at radius 2 is 1.90 bits per heavy atom. The Morgan fingerprint density at radius 3 is 2.40 bits per heavy atom. The summed E-state index contributed by atoms with van der Waals surface area (Å²) in [5, 5.41) is 13.5. The second-order valence-electron chi connectivity index (χ2n) is 4.68. The van der Waals surface area contributed by atoms with Crippen molar-refractivity contribution in [2.45, 2.75) is 26.3 Å². The normalized spacial score (nSPS) is 12.1. The van der Waals surface area contributed by atoms with Crippen LogP contribution in [0.3, 0.4) is 0 Å². The van der Waals surface area contributed by atoms with Crippen LogP contribution in [0.1, 0.15) is 20.3 Å². The molecule has 0 aromatic heterocycles. The van der Waals surface area contributed by atoms with Crippen LogP contribution in [0, 0.1) is 17.6 Å². The average Bonchev–Trinajstić information content (AvgIpc) is 2.32. The van der Waals surface area contributed by atoms with Crippen molar-refractivity contribution in [2.24, 2.45) is 5.92 Å². The summed E-state index contributed by atoms with van der Waals surface area (Å²) in [5.41, 5.74) is 0.0826. The Labute approximate surface area is 115 Å². The predicted molar refractivity (Wildman–Crippen MR) is 69.4 cm³/mol. The van der Waals surface area contributed by atoms with Crippen LogP contribution in [-0.2, 0) is 4.79 Å². The van der Waals surface area contributed by atoms with Crippen molar-refractivity contribution >= 4 is 17.7 Å². The van der Waals surface area contributed by atoms with Crippen LogP contribution < -0.4 is 10.6 Å². The smallest absolute Gasteiger partial charge is 0.319 e. The molecule has 3 N–H and O–H groups in total. The molecule has 1 aromatic carbocycles. The third kappa shape index (κ3) is 4.83. The van der Waals surface area contributed by atoms with E-state index in [4.69, 9.17) is 5.11 Å². The molecule has 0 heterocycles. The number of benzene rings is 1. The van der Waals surface area contributed by atoms with Crippen molar-refractivity contribution in [3.05, 3.63) is 29.8 Å². The summed E-state index contributed by atoms with van der Waals surface area (Å²) >= 11 is 0. The number of rotatable bonds is 5. The Hall–Kier alpha value is -2.18. The third-order valence-electron chi connectivity index (χ3n) is 2.69. The van der Waals surface area contributed by atoms with Gasteiger partial charge in [0.2, 0.25) is 0 Å². The van der Waals surface area contributed by atoms with Crippen molar-refractivity contribution < 1.29 is 23.5 Å². The quantitative estimate of drug-likeness (QED) is 0.778. The van der Waals surface area contributed by atoms with Crippen molar-refractivity contribution in [1.29, 1.82) is 0 Å². The van der Waals surface area contributed by atoms with E-state index in [0.717, 1.165) is 12.1 Å². The molecule has 0 saturated carbocycles. The molecule has 110 valence electrons. The topological polar surface area (TPSA) is 78.4 Å². The number of carbonyl (C=O) groups excluding carboxylic acids is 1. The van der Waals surface area contributed by atoms with Crippen molar-refractivity contribution in [3.8, 4) is 0 Å². The number of hydrogen-bond acceptors (Lipinski definition) is 2. The molecule has 1 unspecified atom stereocenters. The van der Waals surface area contributed by atoms with Gasteiger partial charge in [-0.25, -0.2) is 13.6 Å². The molecule has 0 saturated heterocycles. The molecule has 5 nitrogen and oxygen atoms in total. The molecule has 2 amide bonds. The minimum Gasteiger partial charge on any atom is -0.481 e. The van der Waals surface area contributed by atoms with E-state index in [0.29, 0.717) is 0 Å². The number of halogens is 2. The number of carboxylic acid groups (broad SMARTS) is 1. The maximum Gasteiger partial charge on any atom is 0.319 e. The van der Waals surface area contributed by atoms with Crippen molar-refractivity contribution in [1.82, 2.24) is 5.32 Å². The zero-order valence-electron chi connectivity index (χ0n) is 11.1. The van der Waals surface area contributed by atoms with E-state index >= 15 is 0 Å². The summed E-state index contributed by atoms with van der Waals surface area (Å²) in [4.78, 5) is 22.3. The van der Waals surface area contributed by atoms with E-state index in [9.17, 15) is 18.4 Å². The second kappa shape index (κ2) is 6.83. The standard InChI is InChI=1S/C13H16F2N2O3/c1-7(2)11(6-12(18)19)17-13(20)16-8-3-4-9(14)10(15)5-8/h3-5,7,11H,6H2,1-2H3,(H,18,19)(H2,16,17,20). The minimum atomic E-state index is -1.08. The van der Waals surface area contributed by atoms with Gasteiger partial charge in [0.1, 0.15) is 0 Å². The summed E-state index contributed by atoms with van der Waals surface area (Å²) < 4.78 is 25.7. The van der Waals surface area contributed by atoms with E-state index in [-0.39, 0.29) is 18.0 Å². The molecule has 1 rings (SSSR count). The van der Waals surface area contributed by atoms with Gasteiger partial charge in [-0.3, -0.25) is 4.79 Å². The van der Waals surface area contributed by atoms with E-state index < -0.39 is 29.7 Å². The summed E-state index contributed by atoms with van der Waals surface area (Å²) in [7, 11) is 0. The highest BCUT2D eigenvalue weighted by Gasteiger charge is 2.19. The summed E-state index contributed by atoms with van der Waals surface area (Å²) in [6.07, 6.45) is -0.219. The van der Waals surface area contributed by atoms with Gasteiger partial charge in [-0.15, -0.1) is 0 Å². The van der Waals surface area contributed by atoms with Gasteiger partial charge in [0, 0.05) is 17.8 Å². The fourth-order valence-corrected chi connectivity index (χ4v) is 1.55. The molecule has 0 aliphatic rings. The fraction of sp³-hybridized carbons (Fsp3) is 0.385. The molecule has 0 fully saturated rings. The molecule has 1 atom stereocenters. The number of anilines is 1. The van der Waals surface area contributed by atoms with Crippen LogP contribution in [0.2, 0.25) is 0 Å². The van der Waals surface area contributed by atoms with Crippen LogP contribution in [0.25, 0.3) is 0 Å². The lowest BCUT2D eigenvalue weighted by molar-refractivity contribution is -0.137. The first kappa shape index (κ1) is 15.9. The van der Waals surface area contributed by atoms with Crippen molar-refractivity contribution in [3.63, 3.8) is 0 Å². The summed E-state index contributed by atoms with van der Waals surface area (Å²) in [6, 6.07) is 1.71. The van der Waals surface area contributed by atoms with Crippen LogP contribution in [0.5, 0.6) is 0 Å². The molecule has 7 heteroatoms. The van der Waals surface area contributed by atoms with Gasteiger partial charge in [0.15, 0.2) is 11.6 Å². The first-order valence-corrected chi connectivity index (χ1v) is 6.04. The number of carboxylic acids is 1. The van der Waals surface area contributed by atoms with Gasteiger partial charge in [-0.2, -0.15) is 0 Å². The molecular weight excluding hydrogens is 270 g/mol. The molecule has 20 heavy (non-hydrogen) atoms. The molecular formula is C13H16F2N2O3. The number of carbonyl (C=O) groups is 2. The Bertz CT molecular complexity index is 506. The summed E-state index contributed by atoms with van der Waals surface area (Å²) in [5.74, 6) is -3.20. The molecule has 0 aliphatic heterocycles. The van der Waals surface area contributed by atoms with Crippen LogP contribution >= 0.6 is 0 Å². The van der Waals surface area contributed by atoms with Gasteiger partial charge in [-0.05, 0) is 18.1 Å².